The Morgan fingerprint density at radius 3 is 2.86 bits per heavy atom. The molecule has 1 amide bonds. The lowest BCUT2D eigenvalue weighted by molar-refractivity contribution is -0.137. The number of carbonyl (C=O) groups excluding carboxylic acids is 1. The van der Waals surface area contributed by atoms with Crippen LogP contribution in [0.2, 0.25) is 0 Å². The number of H-pyrrole nitrogens is 1. The van der Waals surface area contributed by atoms with Crippen molar-refractivity contribution in [1.82, 2.24) is 15.1 Å². The molecular formula is C22H21F2N3O2. The second-order valence-corrected chi connectivity index (χ2v) is 7.29. The predicted molar refractivity (Wildman–Crippen MR) is 104 cm³/mol. The fourth-order valence-corrected chi connectivity index (χ4v) is 4.20. The Balaban J connectivity index is 1.68. The largest absolute Gasteiger partial charge is 0.394 e. The minimum absolute atomic E-state index is 0.0110. The van der Waals surface area contributed by atoms with Crippen LogP contribution in [0.1, 0.15) is 29.7 Å². The van der Waals surface area contributed by atoms with Crippen LogP contribution >= 0.6 is 0 Å². The van der Waals surface area contributed by atoms with E-state index < -0.39 is 17.7 Å². The zero-order valence-corrected chi connectivity index (χ0v) is 15.9. The molecule has 0 fully saturated rings. The number of nitrogens with one attached hydrogen (secondary N) is 1. The lowest BCUT2D eigenvalue weighted by Gasteiger charge is -2.42. The summed E-state index contributed by atoms with van der Waals surface area (Å²) in [4.78, 5) is 14.6. The molecule has 5 nitrogen and oxygen atoms in total. The Morgan fingerprint density at radius 1 is 1.31 bits per heavy atom. The van der Waals surface area contributed by atoms with E-state index >= 15 is 0 Å². The second-order valence-electron chi connectivity index (χ2n) is 7.29. The van der Waals surface area contributed by atoms with Crippen LogP contribution in [0, 0.1) is 11.6 Å². The van der Waals surface area contributed by atoms with Crippen LogP contribution < -0.4 is 0 Å². The molecular weight excluding hydrogens is 376 g/mol. The number of hydrogen-bond donors (Lipinski definition) is 2. The molecule has 2 atom stereocenters. The van der Waals surface area contributed by atoms with Crippen LogP contribution in [0.25, 0.3) is 11.1 Å². The van der Waals surface area contributed by atoms with E-state index in [-0.39, 0.29) is 30.5 Å². The third kappa shape index (κ3) is 3.53. The molecule has 0 saturated heterocycles. The van der Waals surface area contributed by atoms with Crippen molar-refractivity contribution in [3.05, 3.63) is 77.1 Å². The number of hydrogen-bond acceptors (Lipinski definition) is 3. The molecule has 0 unspecified atom stereocenters. The predicted octanol–water partition coefficient (Wildman–Crippen LogP) is 3.40. The van der Waals surface area contributed by atoms with Gasteiger partial charge in [-0.3, -0.25) is 9.89 Å². The molecule has 2 aromatic carbocycles. The molecule has 1 aliphatic rings. The van der Waals surface area contributed by atoms with Gasteiger partial charge >= 0.3 is 0 Å². The highest BCUT2D eigenvalue weighted by Gasteiger charge is 2.36. The molecule has 0 bridgehead atoms. The molecule has 2 heterocycles. The molecule has 0 aliphatic carbocycles. The Labute approximate surface area is 167 Å². The fourth-order valence-electron chi connectivity index (χ4n) is 4.20. The van der Waals surface area contributed by atoms with E-state index in [1.54, 1.807) is 17.3 Å². The van der Waals surface area contributed by atoms with Gasteiger partial charge in [-0.05, 0) is 48.2 Å². The van der Waals surface area contributed by atoms with Gasteiger partial charge in [0.15, 0.2) is 0 Å². The number of amides is 1. The number of benzene rings is 2. The van der Waals surface area contributed by atoms with Gasteiger partial charge in [0.25, 0.3) is 0 Å². The fraction of sp³-hybridized carbons (Fsp3) is 0.273. The number of aliphatic hydroxyl groups is 1. The summed E-state index contributed by atoms with van der Waals surface area (Å²) in [5, 5.41) is 16.8. The molecule has 3 aromatic rings. The van der Waals surface area contributed by atoms with E-state index in [0.29, 0.717) is 6.42 Å². The lowest BCUT2D eigenvalue weighted by Crippen LogP contribution is -2.49. The van der Waals surface area contributed by atoms with Crippen molar-refractivity contribution in [3.63, 3.8) is 0 Å². The maximum absolute atomic E-state index is 14.0. The van der Waals surface area contributed by atoms with Gasteiger partial charge in [0.05, 0.1) is 31.3 Å². The van der Waals surface area contributed by atoms with Gasteiger partial charge < -0.3 is 10.0 Å². The second kappa shape index (κ2) is 7.75. The van der Waals surface area contributed by atoms with Crippen LogP contribution in [0.4, 0.5) is 8.78 Å². The number of aliphatic hydroxyl groups excluding tert-OH is 1. The van der Waals surface area contributed by atoms with E-state index in [1.807, 2.05) is 25.1 Å². The maximum Gasteiger partial charge on any atom is 0.227 e. The van der Waals surface area contributed by atoms with Gasteiger partial charge in [-0.25, -0.2) is 8.78 Å². The highest BCUT2D eigenvalue weighted by molar-refractivity contribution is 5.81. The van der Waals surface area contributed by atoms with Crippen molar-refractivity contribution in [2.45, 2.75) is 31.8 Å². The van der Waals surface area contributed by atoms with Crippen molar-refractivity contribution < 1.29 is 18.7 Å². The van der Waals surface area contributed by atoms with Crippen LogP contribution in [0.5, 0.6) is 0 Å². The number of rotatable bonds is 4. The standard InChI is InChI=1S/C22H21F2N3O2/c1-13-18-3-2-4-19(15-10-25-26-11-15)20(18)9-17(12-28)27(13)22(29)8-14-7-16(23)5-6-21(14)24/h2-7,10-11,13,17,28H,8-9,12H2,1H3,(H,25,26)/t13-,17+/m0/s1. The number of carbonyl (C=O) groups is 1. The summed E-state index contributed by atoms with van der Waals surface area (Å²) in [5.41, 5.74) is 3.98. The van der Waals surface area contributed by atoms with E-state index in [2.05, 4.69) is 10.2 Å². The Hall–Kier alpha value is -3.06. The minimum Gasteiger partial charge on any atom is -0.394 e. The summed E-state index contributed by atoms with van der Waals surface area (Å²) in [6, 6.07) is 8.20. The lowest BCUT2D eigenvalue weighted by atomic mass is 9.84. The smallest absolute Gasteiger partial charge is 0.227 e. The summed E-state index contributed by atoms with van der Waals surface area (Å²) in [7, 11) is 0. The van der Waals surface area contributed by atoms with E-state index in [9.17, 15) is 18.7 Å². The molecule has 29 heavy (non-hydrogen) atoms. The Morgan fingerprint density at radius 2 is 2.14 bits per heavy atom. The van der Waals surface area contributed by atoms with Gasteiger partial charge in [0.1, 0.15) is 11.6 Å². The van der Waals surface area contributed by atoms with Crippen molar-refractivity contribution in [2.24, 2.45) is 0 Å². The van der Waals surface area contributed by atoms with Crippen LogP contribution in [0.3, 0.4) is 0 Å². The third-order valence-corrected chi connectivity index (χ3v) is 5.57. The van der Waals surface area contributed by atoms with Crippen LogP contribution in [0.15, 0.2) is 48.8 Å². The summed E-state index contributed by atoms with van der Waals surface area (Å²) in [6.07, 6.45) is 3.74. The summed E-state index contributed by atoms with van der Waals surface area (Å²) in [5.74, 6) is -1.55. The van der Waals surface area contributed by atoms with E-state index in [1.165, 1.54) is 0 Å². The first-order valence-corrected chi connectivity index (χ1v) is 9.46. The third-order valence-electron chi connectivity index (χ3n) is 5.57. The van der Waals surface area contributed by atoms with Gasteiger partial charge in [0, 0.05) is 17.3 Å². The normalized spacial score (nSPS) is 18.6. The molecule has 1 aliphatic heterocycles. The molecule has 2 N–H and O–H groups in total. The quantitative estimate of drug-likeness (QED) is 0.709. The topological polar surface area (TPSA) is 69.2 Å². The average Bonchev–Trinajstić information content (AvgIpc) is 3.24. The van der Waals surface area contributed by atoms with Crippen LogP contribution in [-0.4, -0.2) is 38.8 Å². The molecule has 7 heteroatoms. The zero-order chi connectivity index (χ0) is 20.5. The number of nitrogens with zero attached hydrogens (tertiary/aromatic N) is 2. The maximum atomic E-state index is 14.0. The molecule has 0 spiro atoms. The van der Waals surface area contributed by atoms with Gasteiger partial charge in [-0.15, -0.1) is 0 Å². The molecule has 1 aromatic heterocycles. The minimum atomic E-state index is -0.618. The average molecular weight is 397 g/mol. The Kier molecular flexibility index (Phi) is 5.15. The molecule has 4 rings (SSSR count). The molecule has 0 radical (unpaired) electrons. The zero-order valence-electron chi connectivity index (χ0n) is 15.9. The van der Waals surface area contributed by atoms with Crippen molar-refractivity contribution >= 4 is 5.91 Å². The molecule has 0 saturated carbocycles. The SMILES string of the molecule is C[C@H]1c2cccc(-c3cn[nH]c3)c2C[C@H](CO)N1C(=O)Cc1cc(F)ccc1F. The first-order chi connectivity index (χ1) is 14.0. The highest BCUT2D eigenvalue weighted by atomic mass is 19.1. The number of aromatic amines is 1. The molecule has 150 valence electrons. The summed E-state index contributed by atoms with van der Waals surface area (Å²) >= 11 is 0. The first kappa shape index (κ1) is 19.3. The Bertz CT molecular complexity index is 1040. The number of fused-ring (bicyclic) bond motifs is 1. The summed E-state index contributed by atoms with van der Waals surface area (Å²) < 4.78 is 27.5. The monoisotopic (exact) mass is 397 g/mol. The first-order valence-electron chi connectivity index (χ1n) is 9.46. The van der Waals surface area contributed by atoms with Crippen molar-refractivity contribution in [1.29, 1.82) is 0 Å². The van der Waals surface area contributed by atoms with Gasteiger partial charge in [-0.1, -0.05) is 18.2 Å². The van der Waals surface area contributed by atoms with E-state index in [0.717, 1.165) is 40.5 Å². The summed E-state index contributed by atoms with van der Waals surface area (Å²) in [6.45, 7) is 1.67. The van der Waals surface area contributed by atoms with Crippen LogP contribution in [-0.2, 0) is 17.6 Å². The number of aromatic nitrogens is 2. The van der Waals surface area contributed by atoms with Crippen molar-refractivity contribution in [2.75, 3.05) is 6.61 Å². The van der Waals surface area contributed by atoms with Gasteiger partial charge in [-0.2, -0.15) is 5.10 Å². The van der Waals surface area contributed by atoms with Gasteiger partial charge in [0.2, 0.25) is 5.91 Å². The van der Waals surface area contributed by atoms with Crippen molar-refractivity contribution in [3.8, 4) is 11.1 Å². The highest BCUT2D eigenvalue weighted by Crippen LogP contribution is 2.38. The van der Waals surface area contributed by atoms with E-state index in [4.69, 9.17) is 0 Å². The number of halogens is 2.